The standard InChI is InChI=1S/C32H24ClF5N4O3/c1-45-31(44)26(42-30(43)27-24(34)13-19(14-25(27)35)41-29(17-5-6-17)32(36,37)38)12-18-7-9-22(28-20(18)3-2-10-40-28)21-8-4-16(15-39)11-23(21)33/h2-4,7-11,13-14,17,26,29,41H,5-6,12H2,1H3,(H,42,43)/t26-,29+/m0/s1. The maximum Gasteiger partial charge on any atom is 0.408 e. The van der Waals surface area contributed by atoms with Gasteiger partial charge in [-0.25, -0.2) is 13.6 Å². The highest BCUT2D eigenvalue weighted by Gasteiger charge is 2.49. The van der Waals surface area contributed by atoms with Gasteiger partial charge in [-0.05, 0) is 54.7 Å². The molecule has 0 aliphatic heterocycles. The van der Waals surface area contributed by atoms with Crippen molar-refractivity contribution in [1.82, 2.24) is 10.3 Å². The van der Waals surface area contributed by atoms with Crippen LogP contribution in [-0.4, -0.2) is 42.2 Å². The molecule has 1 fully saturated rings. The minimum Gasteiger partial charge on any atom is -0.467 e. The number of pyridine rings is 1. The highest BCUT2D eigenvalue weighted by atomic mass is 35.5. The Morgan fingerprint density at radius 3 is 2.38 bits per heavy atom. The summed E-state index contributed by atoms with van der Waals surface area (Å²) in [5, 5.41) is 14.5. The minimum atomic E-state index is -4.63. The number of carbonyl (C=O) groups is 2. The van der Waals surface area contributed by atoms with Crippen molar-refractivity contribution in [1.29, 1.82) is 5.26 Å². The first-order valence-electron chi connectivity index (χ1n) is 13.7. The molecule has 2 N–H and O–H groups in total. The molecule has 232 valence electrons. The fourth-order valence-electron chi connectivity index (χ4n) is 5.17. The highest BCUT2D eigenvalue weighted by Crippen LogP contribution is 2.42. The fraction of sp³-hybridized carbons (Fsp3) is 0.250. The molecule has 7 nitrogen and oxygen atoms in total. The SMILES string of the molecule is COC(=O)[C@H](Cc1ccc(-c2ccc(C#N)cc2Cl)c2ncccc12)NC(=O)c1c(F)cc(N[C@H](C2CC2)C(F)(F)F)cc1F. The average molecular weight is 643 g/mol. The van der Waals surface area contributed by atoms with Crippen LogP contribution in [0, 0.1) is 28.9 Å². The quantitative estimate of drug-likeness (QED) is 0.151. The number of nitriles is 1. The van der Waals surface area contributed by atoms with Crippen molar-refractivity contribution in [3.05, 3.63) is 94.1 Å². The number of nitrogens with zero attached hydrogens (tertiary/aromatic N) is 2. The van der Waals surface area contributed by atoms with Gasteiger partial charge in [-0.15, -0.1) is 0 Å². The number of amides is 1. The Kier molecular flexibility index (Phi) is 8.93. The molecule has 1 saturated carbocycles. The molecule has 1 heterocycles. The number of fused-ring (bicyclic) bond motifs is 1. The lowest BCUT2D eigenvalue weighted by Gasteiger charge is -2.23. The molecule has 2 atom stereocenters. The molecule has 3 aromatic carbocycles. The predicted molar refractivity (Wildman–Crippen MR) is 156 cm³/mol. The number of hydrogen-bond donors (Lipinski definition) is 2. The van der Waals surface area contributed by atoms with E-state index in [2.05, 4.69) is 15.6 Å². The first-order chi connectivity index (χ1) is 21.4. The Balaban J connectivity index is 1.42. The van der Waals surface area contributed by atoms with Crippen molar-refractivity contribution in [3.8, 4) is 17.2 Å². The van der Waals surface area contributed by atoms with Crippen molar-refractivity contribution in [2.24, 2.45) is 5.92 Å². The summed E-state index contributed by atoms with van der Waals surface area (Å²) >= 11 is 6.44. The smallest absolute Gasteiger partial charge is 0.408 e. The summed E-state index contributed by atoms with van der Waals surface area (Å²) in [6, 6.07) is 11.4. The molecule has 0 bridgehead atoms. The summed E-state index contributed by atoms with van der Waals surface area (Å²) in [5.74, 6) is -5.73. The molecule has 45 heavy (non-hydrogen) atoms. The minimum absolute atomic E-state index is 0.167. The average Bonchev–Trinajstić information content (AvgIpc) is 3.84. The normalized spacial score (nSPS) is 14.4. The number of ether oxygens (including phenoxy) is 1. The molecule has 5 rings (SSSR count). The van der Waals surface area contributed by atoms with Crippen molar-refractivity contribution in [2.75, 3.05) is 12.4 Å². The number of carbonyl (C=O) groups excluding carboxylic acids is 2. The second kappa shape index (κ2) is 12.7. The van der Waals surface area contributed by atoms with Crippen LogP contribution >= 0.6 is 11.6 Å². The van der Waals surface area contributed by atoms with Gasteiger partial charge in [0, 0.05) is 39.8 Å². The van der Waals surface area contributed by atoms with Gasteiger partial charge in [-0.2, -0.15) is 18.4 Å². The number of esters is 1. The molecule has 0 radical (unpaired) electrons. The van der Waals surface area contributed by atoms with E-state index < -0.39 is 58.9 Å². The lowest BCUT2D eigenvalue weighted by molar-refractivity contribution is -0.146. The zero-order valence-corrected chi connectivity index (χ0v) is 24.3. The predicted octanol–water partition coefficient (Wildman–Crippen LogP) is 6.97. The van der Waals surface area contributed by atoms with E-state index in [1.807, 2.05) is 6.07 Å². The molecular weight excluding hydrogens is 619 g/mol. The van der Waals surface area contributed by atoms with Crippen LogP contribution in [0.3, 0.4) is 0 Å². The number of halogens is 6. The van der Waals surface area contributed by atoms with Crippen LogP contribution < -0.4 is 10.6 Å². The molecule has 0 saturated heterocycles. The van der Waals surface area contributed by atoms with E-state index >= 15 is 8.78 Å². The van der Waals surface area contributed by atoms with Gasteiger partial charge in [-0.1, -0.05) is 35.9 Å². The van der Waals surface area contributed by atoms with Crippen LogP contribution in [-0.2, 0) is 16.0 Å². The van der Waals surface area contributed by atoms with E-state index in [0.29, 0.717) is 63.2 Å². The number of hydrogen-bond acceptors (Lipinski definition) is 6. The summed E-state index contributed by atoms with van der Waals surface area (Å²) < 4.78 is 75.1. The number of rotatable bonds is 9. The maximum atomic E-state index is 15.0. The number of nitrogens with one attached hydrogen (secondary N) is 2. The van der Waals surface area contributed by atoms with Crippen molar-refractivity contribution in [2.45, 2.75) is 37.5 Å². The molecule has 4 aromatic rings. The fourth-order valence-corrected chi connectivity index (χ4v) is 5.45. The third-order valence-electron chi connectivity index (χ3n) is 7.50. The van der Waals surface area contributed by atoms with Crippen LogP contribution in [0.5, 0.6) is 0 Å². The van der Waals surface area contributed by atoms with Gasteiger partial charge in [0.25, 0.3) is 5.91 Å². The van der Waals surface area contributed by atoms with Crippen LogP contribution in [0.2, 0.25) is 5.02 Å². The molecule has 1 aromatic heterocycles. The van der Waals surface area contributed by atoms with Crippen molar-refractivity contribution in [3.63, 3.8) is 0 Å². The Bertz CT molecular complexity index is 1820. The maximum absolute atomic E-state index is 15.0. The van der Waals surface area contributed by atoms with Gasteiger partial charge in [0.1, 0.15) is 29.3 Å². The Hall–Kier alpha value is -4.76. The molecule has 0 spiro atoms. The van der Waals surface area contributed by atoms with E-state index in [1.54, 1.807) is 42.6 Å². The van der Waals surface area contributed by atoms with Gasteiger partial charge < -0.3 is 15.4 Å². The molecule has 1 aliphatic rings. The van der Waals surface area contributed by atoms with Crippen LogP contribution in [0.15, 0.2) is 60.8 Å². The second-order valence-electron chi connectivity index (χ2n) is 10.5. The summed E-state index contributed by atoms with van der Waals surface area (Å²) in [6.07, 6.45) is -2.59. The summed E-state index contributed by atoms with van der Waals surface area (Å²) in [7, 11) is 1.08. The number of benzene rings is 3. The van der Waals surface area contributed by atoms with E-state index in [4.69, 9.17) is 21.6 Å². The molecule has 13 heteroatoms. The van der Waals surface area contributed by atoms with Gasteiger partial charge >= 0.3 is 12.1 Å². The molecule has 1 aliphatic carbocycles. The zero-order valence-electron chi connectivity index (χ0n) is 23.5. The Labute approximate surface area is 259 Å². The molecule has 1 amide bonds. The number of alkyl halides is 3. The summed E-state index contributed by atoms with van der Waals surface area (Å²) in [5.41, 5.74) is 1.10. The number of anilines is 1. The van der Waals surface area contributed by atoms with Gasteiger partial charge in [-0.3, -0.25) is 9.78 Å². The largest absolute Gasteiger partial charge is 0.467 e. The van der Waals surface area contributed by atoms with Crippen molar-refractivity contribution < 1.29 is 36.3 Å². The first kappa shape index (κ1) is 31.7. The van der Waals surface area contributed by atoms with Crippen LogP contribution in [0.4, 0.5) is 27.6 Å². The molecular formula is C32H24ClF5N4O3. The number of aromatic nitrogens is 1. The topological polar surface area (TPSA) is 104 Å². The zero-order chi connectivity index (χ0) is 32.5. The second-order valence-corrected chi connectivity index (χ2v) is 11.0. The van der Waals surface area contributed by atoms with E-state index in [0.717, 1.165) is 7.11 Å². The molecule has 0 unspecified atom stereocenters. The third kappa shape index (κ3) is 6.83. The summed E-state index contributed by atoms with van der Waals surface area (Å²) in [4.78, 5) is 30.2. The van der Waals surface area contributed by atoms with E-state index in [1.165, 1.54) is 6.07 Å². The summed E-state index contributed by atoms with van der Waals surface area (Å²) in [6.45, 7) is 0. The van der Waals surface area contributed by atoms with Crippen molar-refractivity contribution >= 4 is 40.1 Å². The first-order valence-corrected chi connectivity index (χ1v) is 14.1. The van der Waals surface area contributed by atoms with Gasteiger partial charge in [0.2, 0.25) is 0 Å². The highest BCUT2D eigenvalue weighted by molar-refractivity contribution is 6.33. The van der Waals surface area contributed by atoms with E-state index in [9.17, 15) is 22.8 Å². The van der Waals surface area contributed by atoms with Crippen LogP contribution in [0.1, 0.15) is 34.3 Å². The lowest BCUT2D eigenvalue weighted by atomic mass is 9.94. The Morgan fingerprint density at radius 1 is 1.09 bits per heavy atom. The number of methoxy groups -OCH3 is 1. The Morgan fingerprint density at radius 2 is 1.78 bits per heavy atom. The van der Waals surface area contributed by atoms with E-state index in [-0.39, 0.29) is 6.42 Å². The lowest BCUT2D eigenvalue weighted by Crippen LogP contribution is -2.43. The third-order valence-corrected chi connectivity index (χ3v) is 7.81. The monoisotopic (exact) mass is 642 g/mol. The van der Waals surface area contributed by atoms with Gasteiger partial charge in [0.05, 0.1) is 24.3 Å². The van der Waals surface area contributed by atoms with Crippen LogP contribution in [0.25, 0.3) is 22.0 Å². The van der Waals surface area contributed by atoms with Gasteiger partial charge in [0.15, 0.2) is 0 Å².